The van der Waals surface area contributed by atoms with E-state index in [2.05, 4.69) is 18.3 Å². The summed E-state index contributed by atoms with van der Waals surface area (Å²) >= 11 is 0. The molecular formula is C17H23F2N. The molecule has 1 nitrogen and oxygen atoms in total. The molecule has 0 aliphatic heterocycles. The minimum absolute atomic E-state index is 0.0556. The lowest BCUT2D eigenvalue weighted by atomic mass is 9.91. The summed E-state index contributed by atoms with van der Waals surface area (Å²) in [6, 6.07) is 3.83. The molecule has 1 aliphatic rings. The van der Waals surface area contributed by atoms with Crippen LogP contribution in [0.2, 0.25) is 0 Å². The first kappa shape index (κ1) is 15.2. The van der Waals surface area contributed by atoms with E-state index < -0.39 is 11.6 Å². The van der Waals surface area contributed by atoms with E-state index in [4.69, 9.17) is 0 Å². The van der Waals surface area contributed by atoms with E-state index in [-0.39, 0.29) is 6.04 Å². The highest BCUT2D eigenvalue weighted by Crippen LogP contribution is 2.29. The Bertz CT molecular complexity index is 468. The molecule has 0 fully saturated rings. The van der Waals surface area contributed by atoms with Crippen molar-refractivity contribution in [3.63, 3.8) is 0 Å². The first-order chi connectivity index (χ1) is 9.70. The summed E-state index contributed by atoms with van der Waals surface area (Å²) in [6.07, 6.45) is 8.81. The zero-order valence-corrected chi connectivity index (χ0v) is 12.1. The molecular weight excluding hydrogens is 256 g/mol. The van der Waals surface area contributed by atoms with Crippen molar-refractivity contribution >= 4 is 0 Å². The SMILES string of the molecule is CCCNC(CC1=CCCCC1)c1ccc(F)cc1F. The first-order valence-electron chi connectivity index (χ1n) is 7.57. The molecule has 2 rings (SSSR count). The van der Waals surface area contributed by atoms with Crippen LogP contribution in [0, 0.1) is 11.6 Å². The van der Waals surface area contributed by atoms with Crippen molar-refractivity contribution in [2.45, 2.75) is 51.5 Å². The third-order valence-corrected chi connectivity index (χ3v) is 3.83. The van der Waals surface area contributed by atoms with E-state index in [0.717, 1.165) is 38.3 Å². The van der Waals surface area contributed by atoms with Crippen molar-refractivity contribution in [2.24, 2.45) is 0 Å². The largest absolute Gasteiger partial charge is 0.310 e. The molecule has 0 aromatic heterocycles. The Morgan fingerprint density at radius 2 is 2.10 bits per heavy atom. The Balaban J connectivity index is 2.15. The van der Waals surface area contributed by atoms with Crippen LogP contribution >= 0.6 is 0 Å². The maximum atomic E-state index is 14.0. The summed E-state index contributed by atoms with van der Waals surface area (Å²) < 4.78 is 27.0. The number of allylic oxidation sites excluding steroid dienone is 1. The van der Waals surface area contributed by atoms with Crippen LogP contribution in [0.3, 0.4) is 0 Å². The molecule has 0 radical (unpaired) electrons. The highest BCUT2D eigenvalue weighted by atomic mass is 19.1. The maximum absolute atomic E-state index is 14.0. The van der Waals surface area contributed by atoms with Crippen LogP contribution < -0.4 is 5.32 Å². The Labute approximate surface area is 120 Å². The normalized spacial score (nSPS) is 16.9. The third-order valence-electron chi connectivity index (χ3n) is 3.83. The second kappa shape index (κ2) is 7.53. The summed E-state index contributed by atoms with van der Waals surface area (Å²) in [5, 5.41) is 3.39. The van der Waals surface area contributed by atoms with Gasteiger partial charge in [-0.2, -0.15) is 0 Å². The van der Waals surface area contributed by atoms with Crippen molar-refractivity contribution in [3.05, 3.63) is 47.0 Å². The van der Waals surface area contributed by atoms with Crippen LogP contribution in [0.4, 0.5) is 8.78 Å². The topological polar surface area (TPSA) is 12.0 Å². The molecule has 1 N–H and O–H groups in total. The molecule has 0 bridgehead atoms. The number of hydrogen-bond acceptors (Lipinski definition) is 1. The van der Waals surface area contributed by atoms with Crippen LogP contribution in [0.15, 0.2) is 29.8 Å². The van der Waals surface area contributed by atoms with E-state index in [9.17, 15) is 8.78 Å². The molecule has 3 heteroatoms. The first-order valence-corrected chi connectivity index (χ1v) is 7.57. The van der Waals surface area contributed by atoms with Gasteiger partial charge in [-0.15, -0.1) is 0 Å². The number of nitrogens with one attached hydrogen (secondary N) is 1. The van der Waals surface area contributed by atoms with Gasteiger partial charge in [-0.25, -0.2) is 8.78 Å². The van der Waals surface area contributed by atoms with Gasteiger partial charge in [0, 0.05) is 17.7 Å². The highest BCUT2D eigenvalue weighted by molar-refractivity contribution is 5.24. The van der Waals surface area contributed by atoms with Gasteiger partial charge in [0.05, 0.1) is 0 Å². The van der Waals surface area contributed by atoms with Crippen LogP contribution in [-0.2, 0) is 0 Å². The lowest BCUT2D eigenvalue weighted by Gasteiger charge is -2.23. The lowest BCUT2D eigenvalue weighted by molar-refractivity contribution is 0.480. The van der Waals surface area contributed by atoms with Crippen LogP contribution in [0.5, 0.6) is 0 Å². The van der Waals surface area contributed by atoms with E-state index >= 15 is 0 Å². The van der Waals surface area contributed by atoms with Crippen molar-refractivity contribution in [3.8, 4) is 0 Å². The summed E-state index contributed by atoms with van der Waals surface area (Å²) in [5.74, 6) is -0.965. The maximum Gasteiger partial charge on any atom is 0.130 e. The predicted octanol–water partition coefficient (Wildman–Crippen LogP) is 4.90. The molecule has 0 heterocycles. The third kappa shape index (κ3) is 4.14. The van der Waals surface area contributed by atoms with Gasteiger partial charge in [0.25, 0.3) is 0 Å². The molecule has 20 heavy (non-hydrogen) atoms. The fourth-order valence-corrected chi connectivity index (χ4v) is 2.75. The van der Waals surface area contributed by atoms with Gasteiger partial charge in [-0.05, 0) is 51.1 Å². The molecule has 0 saturated heterocycles. The molecule has 1 unspecified atom stereocenters. The van der Waals surface area contributed by atoms with E-state index in [1.165, 1.54) is 24.5 Å². The average molecular weight is 279 g/mol. The fourth-order valence-electron chi connectivity index (χ4n) is 2.75. The fraction of sp³-hybridized carbons (Fsp3) is 0.529. The van der Waals surface area contributed by atoms with Crippen molar-refractivity contribution in [1.82, 2.24) is 5.32 Å². The zero-order valence-electron chi connectivity index (χ0n) is 12.1. The van der Waals surface area contributed by atoms with Crippen molar-refractivity contribution < 1.29 is 8.78 Å². The van der Waals surface area contributed by atoms with Gasteiger partial charge in [0.2, 0.25) is 0 Å². The number of halogens is 2. The Morgan fingerprint density at radius 3 is 2.75 bits per heavy atom. The molecule has 0 spiro atoms. The van der Waals surface area contributed by atoms with Gasteiger partial charge in [-0.1, -0.05) is 24.6 Å². The van der Waals surface area contributed by atoms with Gasteiger partial charge < -0.3 is 5.32 Å². The monoisotopic (exact) mass is 279 g/mol. The van der Waals surface area contributed by atoms with Gasteiger partial charge in [0.1, 0.15) is 11.6 Å². The highest BCUT2D eigenvalue weighted by Gasteiger charge is 2.18. The van der Waals surface area contributed by atoms with Gasteiger partial charge >= 0.3 is 0 Å². The second-order valence-corrected chi connectivity index (χ2v) is 5.48. The molecule has 1 aliphatic carbocycles. The summed E-state index contributed by atoms with van der Waals surface area (Å²) in [6.45, 7) is 2.93. The Hall–Kier alpha value is -1.22. The molecule has 1 aromatic rings. The summed E-state index contributed by atoms with van der Waals surface area (Å²) in [7, 11) is 0. The molecule has 110 valence electrons. The van der Waals surface area contributed by atoms with Crippen molar-refractivity contribution in [1.29, 1.82) is 0 Å². The Kier molecular flexibility index (Phi) is 5.72. The van der Waals surface area contributed by atoms with E-state index in [1.807, 2.05) is 0 Å². The van der Waals surface area contributed by atoms with Crippen molar-refractivity contribution in [2.75, 3.05) is 6.54 Å². The molecule has 1 aromatic carbocycles. The predicted molar refractivity (Wildman–Crippen MR) is 78.6 cm³/mol. The quantitative estimate of drug-likeness (QED) is 0.731. The van der Waals surface area contributed by atoms with E-state index in [0.29, 0.717) is 5.56 Å². The van der Waals surface area contributed by atoms with Gasteiger partial charge in [0.15, 0.2) is 0 Å². The Morgan fingerprint density at radius 1 is 1.25 bits per heavy atom. The average Bonchev–Trinajstić information content (AvgIpc) is 2.45. The molecule has 0 amide bonds. The van der Waals surface area contributed by atoms with Crippen LogP contribution in [0.1, 0.15) is 57.1 Å². The lowest BCUT2D eigenvalue weighted by Crippen LogP contribution is -2.24. The minimum Gasteiger partial charge on any atom is -0.310 e. The summed E-state index contributed by atoms with van der Waals surface area (Å²) in [5.41, 5.74) is 1.97. The van der Waals surface area contributed by atoms with Gasteiger partial charge in [-0.3, -0.25) is 0 Å². The number of rotatable bonds is 6. The number of benzene rings is 1. The van der Waals surface area contributed by atoms with Crippen LogP contribution in [0.25, 0.3) is 0 Å². The zero-order chi connectivity index (χ0) is 14.4. The minimum atomic E-state index is -0.516. The standard InChI is InChI=1S/C17H23F2N/c1-2-10-20-17(11-13-6-4-3-5-7-13)15-9-8-14(18)12-16(15)19/h6,8-9,12,17,20H,2-5,7,10-11H2,1H3. The smallest absolute Gasteiger partial charge is 0.130 e. The number of hydrogen-bond donors (Lipinski definition) is 1. The molecule has 0 saturated carbocycles. The summed E-state index contributed by atoms with van der Waals surface area (Å²) in [4.78, 5) is 0. The van der Waals surface area contributed by atoms with Crippen LogP contribution in [-0.4, -0.2) is 6.54 Å². The molecule has 1 atom stereocenters. The second-order valence-electron chi connectivity index (χ2n) is 5.48. The van der Waals surface area contributed by atoms with E-state index in [1.54, 1.807) is 6.07 Å².